The molecule has 0 radical (unpaired) electrons. The summed E-state index contributed by atoms with van der Waals surface area (Å²) < 4.78 is 4.61. The minimum atomic E-state index is -1.47. The van der Waals surface area contributed by atoms with E-state index < -0.39 is 51.6 Å². The van der Waals surface area contributed by atoms with E-state index in [-0.39, 0.29) is 0 Å². The van der Waals surface area contributed by atoms with Gasteiger partial charge in [-0.2, -0.15) is 11.3 Å². The fraction of sp³-hybridized carbons (Fsp3) is 0.500. The van der Waals surface area contributed by atoms with Gasteiger partial charge in [-0.25, -0.2) is 4.79 Å². The highest BCUT2D eigenvalue weighted by atomic mass is 32.2. The van der Waals surface area contributed by atoms with Crippen molar-refractivity contribution in [1.29, 1.82) is 0 Å². The SMILES string of the molecule is COC12SC(C)(C)[C@H](C(=O)O)N1C(=O)[C@H]2NC(=O)C(C(=O)O)c1ccsc1. The van der Waals surface area contributed by atoms with Crippen LogP contribution < -0.4 is 5.32 Å². The van der Waals surface area contributed by atoms with Crippen molar-refractivity contribution >= 4 is 46.9 Å². The molecule has 0 bridgehead atoms. The predicted molar refractivity (Wildman–Crippen MR) is 96.3 cm³/mol. The Balaban J connectivity index is 1.88. The monoisotopic (exact) mass is 414 g/mol. The number of methoxy groups -OCH3 is 1. The van der Waals surface area contributed by atoms with Gasteiger partial charge in [0.2, 0.25) is 11.0 Å². The van der Waals surface area contributed by atoms with Crippen LogP contribution in [0.25, 0.3) is 0 Å². The van der Waals surface area contributed by atoms with Crippen molar-refractivity contribution in [3.8, 4) is 0 Å². The van der Waals surface area contributed by atoms with Gasteiger partial charge < -0.3 is 20.3 Å². The molecule has 0 aliphatic carbocycles. The molecule has 1 aromatic heterocycles. The summed E-state index contributed by atoms with van der Waals surface area (Å²) in [6.07, 6.45) is 0. The molecule has 146 valence electrons. The van der Waals surface area contributed by atoms with Gasteiger partial charge >= 0.3 is 11.9 Å². The van der Waals surface area contributed by atoms with Crippen LogP contribution >= 0.6 is 23.1 Å². The number of aliphatic carboxylic acids is 2. The number of β-lactam (4-membered cyclic amide) rings is 1. The number of nitrogens with one attached hydrogen (secondary N) is 1. The summed E-state index contributed by atoms with van der Waals surface area (Å²) in [6.45, 7) is 3.35. The van der Waals surface area contributed by atoms with Gasteiger partial charge in [-0.15, -0.1) is 0 Å². The molecule has 27 heavy (non-hydrogen) atoms. The normalized spacial score (nSPS) is 29.6. The van der Waals surface area contributed by atoms with Crippen LogP contribution in [0.3, 0.4) is 0 Å². The van der Waals surface area contributed by atoms with E-state index in [0.717, 1.165) is 16.7 Å². The second-order valence-electron chi connectivity index (χ2n) is 6.76. The maximum Gasteiger partial charge on any atom is 0.328 e. The van der Waals surface area contributed by atoms with Crippen molar-refractivity contribution in [1.82, 2.24) is 10.2 Å². The van der Waals surface area contributed by atoms with Gasteiger partial charge in [0.1, 0.15) is 6.04 Å². The van der Waals surface area contributed by atoms with Crippen LogP contribution in [0, 0.1) is 0 Å². The zero-order valence-corrected chi connectivity index (χ0v) is 16.3. The summed E-state index contributed by atoms with van der Waals surface area (Å²) in [4.78, 5) is 49.6. The number of carbonyl (C=O) groups excluding carboxylic acids is 2. The average Bonchev–Trinajstić information content (AvgIpc) is 3.15. The highest BCUT2D eigenvalue weighted by Crippen LogP contribution is 2.58. The lowest BCUT2D eigenvalue weighted by atomic mass is 9.93. The fourth-order valence-electron chi connectivity index (χ4n) is 3.57. The van der Waals surface area contributed by atoms with E-state index in [9.17, 15) is 29.4 Å². The van der Waals surface area contributed by atoms with Crippen molar-refractivity contribution in [3.63, 3.8) is 0 Å². The highest BCUT2D eigenvalue weighted by molar-refractivity contribution is 8.02. The maximum atomic E-state index is 12.6. The first-order chi connectivity index (χ1) is 12.6. The Morgan fingerprint density at radius 2 is 2.00 bits per heavy atom. The first kappa shape index (κ1) is 19.6. The first-order valence-electron chi connectivity index (χ1n) is 7.93. The molecule has 0 aromatic carbocycles. The lowest BCUT2D eigenvalue weighted by molar-refractivity contribution is -0.199. The number of nitrogens with zero attached hydrogens (tertiary/aromatic N) is 1. The molecule has 11 heteroatoms. The Kier molecular flexibility index (Phi) is 4.73. The van der Waals surface area contributed by atoms with E-state index in [1.165, 1.54) is 24.5 Å². The lowest BCUT2D eigenvalue weighted by Crippen LogP contribution is -2.78. The van der Waals surface area contributed by atoms with Gasteiger partial charge in [0.05, 0.1) is 0 Å². The Hall–Kier alpha value is -2.11. The van der Waals surface area contributed by atoms with Crippen LogP contribution in [0.15, 0.2) is 16.8 Å². The van der Waals surface area contributed by atoms with Gasteiger partial charge in [-0.1, -0.05) is 11.8 Å². The van der Waals surface area contributed by atoms with Crippen LogP contribution in [-0.2, 0) is 23.9 Å². The number of thioether (sulfide) groups is 1. The molecule has 3 heterocycles. The number of carboxylic acids is 2. The summed E-state index contributed by atoms with van der Waals surface area (Å²) in [6, 6.07) is -0.780. The number of thiophene rings is 1. The molecule has 2 aliphatic heterocycles. The summed E-state index contributed by atoms with van der Waals surface area (Å²) in [7, 11) is 1.32. The van der Waals surface area contributed by atoms with Crippen molar-refractivity contribution in [2.24, 2.45) is 0 Å². The average molecular weight is 414 g/mol. The third kappa shape index (κ3) is 2.80. The smallest absolute Gasteiger partial charge is 0.328 e. The van der Waals surface area contributed by atoms with Crippen LogP contribution in [0.4, 0.5) is 0 Å². The molecule has 9 nitrogen and oxygen atoms in total. The standard InChI is InChI=1S/C16H18N2O7S2/c1-15(2)10(14(23)24)18-12(20)9(16(18,25-3)27-15)17-11(19)8(13(21)22)7-4-5-26-6-7/h4-6,8-10H,1-3H3,(H,17,19)(H,21,22)(H,23,24)/t8?,9-,10+,16?/m1/s1. The second-order valence-corrected chi connectivity index (χ2v) is 9.38. The Morgan fingerprint density at radius 3 is 2.48 bits per heavy atom. The molecular formula is C16H18N2O7S2. The number of ether oxygens (including phenoxy) is 1. The summed E-state index contributed by atoms with van der Waals surface area (Å²) >= 11 is 2.37. The molecule has 2 unspecified atom stereocenters. The summed E-state index contributed by atoms with van der Waals surface area (Å²) in [5.74, 6) is -5.46. The Labute approximate surface area is 162 Å². The lowest BCUT2D eigenvalue weighted by Gasteiger charge is -2.52. The Morgan fingerprint density at radius 1 is 1.33 bits per heavy atom. The number of fused-ring (bicyclic) bond motifs is 1. The zero-order chi connectivity index (χ0) is 20.1. The molecular weight excluding hydrogens is 396 g/mol. The van der Waals surface area contributed by atoms with Crippen molar-refractivity contribution in [2.45, 2.75) is 41.7 Å². The molecule has 0 saturated carbocycles. The number of carbonyl (C=O) groups is 4. The number of amides is 2. The van der Waals surface area contributed by atoms with Crippen LogP contribution in [0.2, 0.25) is 0 Å². The summed E-state index contributed by atoms with van der Waals surface area (Å²) in [5, 5.41) is 23.2. The number of hydrogen-bond donors (Lipinski definition) is 3. The highest BCUT2D eigenvalue weighted by Gasteiger charge is 2.74. The molecule has 4 atom stereocenters. The second kappa shape index (κ2) is 6.50. The molecule has 0 spiro atoms. The van der Waals surface area contributed by atoms with Crippen LogP contribution in [0.5, 0.6) is 0 Å². The minimum absolute atomic E-state index is 0.308. The van der Waals surface area contributed by atoms with E-state index in [2.05, 4.69) is 5.32 Å². The van der Waals surface area contributed by atoms with Crippen molar-refractivity contribution < 1.29 is 34.1 Å². The van der Waals surface area contributed by atoms with E-state index in [1.54, 1.807) is 24.6 Å². The molecule has 2 saturated heterocycles. The van der Waals surface area contributed by atoms with Gasteiger partial charge in [-0.05, 0) is 36.2 Å². The quantitative estimate of drug-likeness (QED) is 0.453. The van der Waals surface area contributed by atoms with Crippen LogP contribution in [0.1, 0.15) is 25.3 Å². The molecule has 2 fully saturated rings. The third-order valence-corrected chi connectivity index (χ3v) is 7.05. The Bertz CT molecular complexity index is 810. The molecule has 1 aromatic rings. The third-order valence-electron chi connectivity index (χ3n) is 4.71. The van der Waals surface area contributed by atoms with E-state index in [4.69, 9.17) is 4.74 Å². The summed E-state index contributed by atoms with van der Waals surface area (Å²) in [5.41, 5.74) is 0.308. The van der Waals surface area contributed by atoms with Gasteiger partial charge in [0.25, 0.3) is 5.91 Å². The van der Waals surface area contributed by atoms with Gasteiger partial charge in [-0.3, -0.25) is 19.3 Å². The number of hydrogen-bond acceptors (Lipinski definition) is 7. The number of carboxylic acid groups (broad SMARTS) is 2. The maximum absolute atomic E-state index is 12.6. The van der Waals surface area contributed by atoms with E-state index in [0.29, 0.717) is 5.56 Å². The molecule has 2 aliphatic rings. The molecule has 3 rings (SSSR count). The van der Waals surface area contributed by atoms with E-state index in [1.807, 2.05) is 0 Å². The topological polar surface area (TPSA) is 133 Å². The minimum Gasteiger partial charge on any atom is -0.480 e. The molecule has 3 N–H and O–H groups in total. The molecule has 2 amide bonds. The van der Waals surface area contributed by atoms with Crippen molar-refractivity contribution in [3.05, 3.63) is 22.4 Å². The fourth-order valence-corrected chi connectivity index (χ4v) is 5.98. The number of rotatable bonds is 6. The van der Waals surface area contributed by atoms with Crippen LogP contribution in [-0.4, -0.2) is 67.9 Å². The predicted octanol–water partition coefficient (Wildman–Crippen LogP) is 0.522. The first-order valence-corrected chi connectivity index (χ1v) is 9.69. The van der Waals surface area contributed by atoms with E-state index >= 15 is 0 Å². The van der Waals surface area contributed by atoms with Crippen molar-refractivity contribution in [2.75, 3.05) is 7.11 Å². The van der Waals surface area contributed by atoms with Gasteiger partial charge in [0, 0.05) is 11.9 Å². The van der Waals surface area contributed by atoms with Gasteiger partial charge in [0.15, 0.2) is 12.0 Å². The largest absolute Gasteiger partial charge is 0.480 e. The zero-order valence-electron chi connectivity index (χ0n) is 14.7.